The number of aromatic amines is 1. The molecule has 0 aliphatic carbocycles. The second-order valence-electron chi connectivity index (χ2n) is 7.32. The minimum absolute atomic E-state index is 0.510. The maximum Gasteiger partial charge on any atom is 0.217 e. The van der Waals surface area contributed by atoms with Crippen molar-refractivity contribution in [3.05, 3.63) is 64.4 Å². The molecule has 0 spiro atoms. The molecule has 0 radical (unpaired) electrons. The third-order valence-corrected chi connectivity index (χ3v) is 5.05. The number of aromatic nitrogens is 3. The van der Waals surface area contributed by atoms with E-state index in [2.05, 4.69) is 40.0 Å². The fourth-order valence-electron chi connectivity index (χ4n) is 3.01. The molecule has 0 aliphatic rings. The van der Waals surface area contributed by atoms with Crippen molar-refractivity contribution in [3.8, 4) is 23.2 Å². The maximum atomic E-state index is 9.01. The first-order valence-corrected chi connectivity index (χ1v) is 10.1. The van der Waals surface area contributed by atoms with Crippen LogP contribution in [-0.2, 0) is 13.2 Å². The summed E-state index contributed by atoms with van der Waals surface area (Å²) in [6, 6.07) is 17.6. The van der Waals surface area contributed by atoms with E-state index in [4.69, 9.17) is 22.2 Å². The Morgan fingerprint density at radius 1 is 1.10 bits per heavy atom. The molecule has 0 aliphatic heterocycles. The summed E-state index contributed by atoms with van der Waals surface area (Å²) in [5, 5.41) is 12.3. The highest BCUT2D eigenvalue weighted by Gasteiger charge is 2.11. The highest BCUT2D eigenvalue weighted by atomic mass is 32.1. The van der Waals surface area contributed by atoms with Crippen LogP contribution in [0.25, 0.3) is 11.4 Å². The van der Waals surface area contributed by atoms with Gasteiger partial charge in [-0.3, -0.25) is 10.00 Å². The summed E-state index contributed by atoms with van der Waals surface area (Å²) < 4.78 is 7.61. The molecule has 7 nitrogen and oxygen atoms in total. The number of nitrogens with zero attached hydrogens (tertiary/aromatic N) is 5. The number of methoxy groups -OCH3 is 1. The van der Waals surface area contributed by atoms with Crippen LogP contribution in [-0.4, -0.2) is 58.9 Å². The molecule has 1 N–H and O–H groups in total. The Balaban J connectivity index is 1.78. The van der Waals surface area contributed by atoms with Gasteiger partial charge in [0.25, 0.3) is 0 Å². The second-order valence-corrected chi connectivity index (χ2v) is 7.68. The zero-order chi connectivity index (χ0) is 21.5. The number of ether oxygens (including phenoxy) is 1. The summed E-state index contributed by atoms with van der Waals surface area (Å²) in [6.07, 6.45) is 0. The molecule has 0 atom stereocenters. The predicted octanol–water partition coefficient (Wildman–Crippen LogP) is 3.51. The van der Waals surface area contributed by atoms with Gasteiger partial charge in [-0.2, -0.15) is 10.2 Å². The first-order chi connectivity index (χ1) is 14.5. The van der Waals surface area contributed by atoms with Crippen LogP contribution in [0.3, 0.4) is 0 Å². The minimum Gasteiger partial charge on any atom is -0.497 e. The number of hydrogen-bond donors (Lipinski definition) is 1. The molecule has 0 unspecified atom stereocenters. The Hall–Kier alpha value is -2.99. The van der Waals surface area contributed by atoms with Gasteiger partial charge < -0.3 is 9.64 Å². The number of nitriles is 1. The summed E-state index contributed by atoms with van der Waals surface area (Å²) in [6.45, 7) is 3.13. The molecule has 0 saturated carbocycles. The van der Waals surface area contributed by atoms with Crippen molar-refractivity contribution in [3.63, 3.8) is 0 Å². The fraction of sp³-hybridized carbons (Fsp3) is 0.318. The molecule has 3 rings (SSSR count). The van der Waals surface area contributed by atoms with E-state index in [1.165, 1.54) is 0 Å². The van der Waals surface area contributed by atoms with E-state index in [0.717, 1.165) is 42.3 Å². The van der Waals surface area contributed by atoms with Crippen LogP contribution in [0.5, 0.6) is 5.75 Å². The lowest BCUT2D eigenvalue weighted by molar-refractivity contribution is 0.179. The first kappa shape index (κ1) is 21.7. The molecule has 1 heterocycles. The summed E-state index contributed by atoms with van der Waals surface area (Å²) in [7, 11) is 5.76. The zero-order valence-corrected chi connectivity index (χ0v) is 18.3. The topological polar surface area (TPSA) is 73.1 Å². The molecule has 0 saturated heterocycles. The van der Waals surface area contributed by atoms with Crippen LogP contribution in [0.4, 0.5) is 0 Å². The van der Waals surface area contributed by atoms with Crippen LogP contribution < -0.4 is 4.74 Å². The van der Waals surface area contributed by atoms with Crippen LogP contribution in [0.2, 0.25) is 0 Å². The van der Waals surface area contributed by atoms with Crippen molar-refractivity contribution >= 4 is 12.2 Å². The molecular weight excluding hydrogens is 396 g/mol. The van der Waals surface area contributed by atoms with E-state index in [-0.39, 0.29) is 0 Å². The molecule has 0 bridgehead atoms. The van der Waals surface area contributed by atoms with Crippen molar-refractivity contribution in [2.75, 3.05) is 34.3 Å². The van der Waals surface area contributed by atoms with Crippen LogP contribution in [0.1, 0.15) is 11.1 Å². The lowest BCUT2D eigenvalue weighted by Crippen LogP contribution is -2.33. The third-order valence-electron chi connectivity index (χ3n) is 4.74. The smallest absolute Gasteiger partial charge is 0.217 e. The number of hydrogen-bond acceptors (Lipinski definition) is 6. The summed E-state index contributed by atoms with van der Waals surface area (Å²) in [5.41, 5.74) is 2.76. The van der Waals surface area contributed by atoms with Crippen molar-refractivity contribution in [2.45, 2.75) is 13.2 Å². The average molecular weight is 423 g/mol. The van der Waals surface area contributed by atoms with E-state index < -0.39 is 0 Å². The number of H-pyrrole nitrogens is 1. The van der Waals surface area contributed by atoms with Gasteiger partial charge in [0.15, 0.2) is 5.82 Å². The molecular formula is C22H26N6OS. The molecule has 8 heteroatoms. The standard InChI is InChI=1S/C22H26N6OS/c1-26(2)12-13-27(15-18-6-4-17(14-23)5-7-18)16-28-22(30)24-21(25-28)19-8-10-20(29-3)11-9-19/h4-11H,12-13,15-16H2,1-3H3,(H,24,25,30). The van der Waals surface area contributed by atoms with Gasteiger partial charge in [0.1, 0.15) is 5.75 Å². The van der Waals surface area contributed by atoms with E-state index >= 15 is 0 Å². The number of rotatable bonds is 9. The van der Waals surface area contributed by atoms with Crippen molar-refractivity contribution in [1.29, 1.82) is 5.26 Å². The minimum atomic E-state index is 0.510. The molecule has 2 aromatic carbocycles. The lowest BCUT2D eigenvalue weighted by atomic mass is 10.1. The van der Waals surface area contributed by atoms with Gasteiger partial charge in [-0.25, -0.2) is 4.68 Å². The normalized spacial score (nSPS) is 11.1. The highest BCUT2D eigenvalue weighted by Crippen LogP contribution is 2.19. The molecule has 30 heavy (non-hydrogen) atoms. The van der Waals surface area contributed by atoms with E-state index in [1.54, 1.807) is 7.11 Å². The lowest BCUT2D eigenvalue weighted by Gasteiger charge is -2.24. The van der Waals surface area contributed by atoms with Gasteiger partial charge in [-0.05, 0) is 68.3 Å². The highest BCUT2D eigenvalue weighted by molar-refractivity contribution is 7.71. The summed E-state index contributed by atoms with van der Waals surface area (Å²) >= 11 is 5.50. The van der Waals surface area contributed by atoms with Gasteiger partial charge in [0.05, 0.1) is 25.4 Å². The van der Waals surface area contributed by atoms with Gasteiger partial charge in [-0.1, -0.05) is 12.1 Å². The Morgan fingerprint density at radius 3 is 2.40 bits per heavy atom. The average Bonchev–Trinajstić information content (AvgIpc) is 3.12. The largest absolute Gasteiger partial charge is 0.497 e. The fourth-order valence-corrected chi connectivity index (χ4v) is 3.21. The first-order valence-electron chi connectivity index (χ1n) is 9.66. The van der Waals surface area contributed by atoms with Gasteiger partial charge in [0, 0.05) is 25.2 Å². The molecule has 0 amide bonds. The number of nitrogens with one attached hydrogen (secondary N) is 1. The maximum absolute atomic E-state index is 9.01. The van der Waals surface area contributed by atoms with Crippen LogP contribution in [0, 0.1) is 16.1 Å². The van der Waals surface area contributed by atoms with Crippen molar-refractivity contribution in [2.24, 2.45) is 0 Å². The Kier molecular flexibility index (Phi) is 7.36. The quantitative estimate of drug-likeness (QED) is 0.532. The van der Waals surface area contributed by atoms with Crippen LogP contribution >= 0.6 is 12.2 Å². The van der Waals surface area contributed by atoms with Gasteiger partial charge in [0.2, 0.25) is 4.77 Å². The van der Waals surface area contributed by atoms with Gasteiger partial charge >= 0.3 is 0 Å². The zero-order valence-electron chi connectivity index (χ0n) is 17.5. The molecule has 0 fully saturated rings. The predicted molar refractivity (Wildman–Crippen MR) is 120 cm³/mol. The molecule has 156 valence electrons. The monoisotopic (exact) mass is 422 g/mol. The van der Waals surface area contributed by atoms with Crippen molar-refractivity contribution in [1.82, 2.24) is 24.6 Å². The van der Waals surface area contributed by atoms with Crippen LogP contribution in [0.15, 0.2) is 48.5 Å². The SMILES string of the molecule is COc1ccc(-c2nc(=S)n(CN(CCN(C)C)Cc3ccc(C#N)cc3)[nH]2)cc1. The Labute approximate surface area is 182 Å². The summed E-state index contributed by atoms with van der Waals surface area (Å²) in [4.78, 5) is 8.98. The molecule has 3 aromatic rings. The Bertz CT molecular complexity index is 1050. The number of benzene rings is 2. The van der Waals surface area contributed by atoms with E-state index in [0.29, 0.717) is 17.0 Å². The van der Waals surface area contributed by atoms with E-state index in [9.17, 15) is 0 Å². The van der Waals surface area contributed by atoms with Gasteiger partial charge in [-0.15, -0.1) is 0 Å². The number of likely N-dealkylation sites (N-methyl/N-ethyl adjacent to an activating group) is 1. The van der Waals surface area contributed by atoms with Crippen molar-refractivity contribution < 1.29 is 4.74 Å². The second kappa shape index (κ2) is 10.2. The third kappa shape index (κ3) is 5.76. The Morgan fingerprint density at radius 2 is 1.80 bits per heavy atom. The molecule has 1 aromatic heterocycles. The van der Waals surface area contributed by atoms with E-state index in [1.807, 2.05) is 53.2 Å². The summed E-state index contributed by atoms with van der Waals surface area (Å²) in [5.74, 6) is 1.53.